The van der Waals surface area contributed by atoms with Crippen LogP contribution in [0.25, 0.3) is 0 Å². The van der Waals surface area contributed by atoms with Gasteiger partial charge >= 0.3 is 0 Å². The van der Waals surface area contributed by atoms with Crippen LogP contribution in [-0.2, 0) is 12.8 Å². The molecule has 0 amide bonds. The largest absolute Gasteiger partial charge is 0.349 e. The highest BCUT2D eigenvalue weighted by Crippen LogP contribution is 2.17. The van der Waals surface area contributed by atoms with Crippen LogP contribution >= 0.6 is 0 Å². The molecule has 2 N–H and O–H groups in total. The summed E-state index contributed by atoms with van der Waals surface area (Å²) in [4.78, 5) is 38.0. The minimum Gasteiger partial charge on any atom is -0.349 e. The first kappa shape index (κ1) is 14.9. The third-order valence-corrected chi connectivity index (χ3v) is 3.69. The fraction of sp³-hybridized carbons (Fsp3) is 0.176. The smallest absolute Gasteiger partial charge is 0.166 e. The van der Waals surface area contributed by atoms with E-state index in [1.54, 1.807) is 49.1 Å². The number of benzene rings is 1. The summed E-state index contributed by atoms with van der Waals surface area (Å²) < 4.78 is 0. The maximum absolute atomic E-state index is 12.8. The maximum atomic E-state index is 12.8. The van der Waals surface area contributed by atoms with Crippen molar-refractivity contribution in [2.45, 2.75) is 12.8 Å². The highest BCUT2D eigenvalue weighted by molar-refractivity contribution is 5.98. The molecule has 116 valence electrons. The van der Waals surface area contributed by atoms with Crippen molar-refractivity contribution in [2.75, 3.05) is 0 Å². The van der Waals surface area contributed by atoms with Gasteiger partial charge in [-0.2, -0.15) is 0 Å². The number of imidazole rings is 2. The van der Waals surface area contributed by atoms with Crippen LogP contribution in [0.15, 0.2) is 49.1 Å². The van der Waals surface area contributed by atoms with E-state index in [0.717, 1.165) is 17.9 Å². The molecule has 0 aliphatic carbocycles. The highest BCUT2D eigenvalue weighted by Gasteiger charge is 2.23. The number of nitrogens with zero attached hydrogens (tertiary/aromatic N) is 2. The third kappa shape index (κ3) is 3.60. The van der Waals surface area contributed by atoms with Crippen molar-refractivity contribution < 1.29 is 9.59 Å². The summed E-state index contributed by atoms with van der Waals surface area (Å²) in [5, 5.41) is 0. The molecule has 23 heavy (non-hydrogen) atoms. The Labute approximate surface area is 133 Å². The van der Waals surface area contributed by atoms with Crippen LogP contribution in [0.4, 0.5) is 0 Å². The Bertz CT molecular complexity index is 725. The number of ketones is 1. The Morgan fingerprint density at radius 1 is 1.00 bits per heavy atom. The molecule has 2 aromatic heterocycles. The average Bonchev–Trinajstić information content (AvgIpc) is 3.27. The van der Waals surface area contributed by atoms with Crippen molar-refractivity contribution in [3.8, 4) is 0 Å². The van der Waals surface area contributed by atoms with Gasteiger partial charge in [0.05, 0.1) is 0 Å². The molecule has 0 spiro atoms. The van der Waals surface area contributed by atoms with Gasteiger partial charge in [-0.1, -0.05) is 24.3 Å². The normalized spacial score (nSPS) is 10.8. The van der Waals surface area contributed by atoms with E-state index in [0.29, 0.717) is 24.0 Å². The van der Waals surface area contributed by atoms with Crippen LogP contribution in [-0.4, -0.2) is 32.0 Å². The van der Waals surface area contributed by atoms with Crippen LogP contribution in [0, 0.1) is 5.92 Å². The first-order chi connectivity index (χ1) is 11.3. The van der Waals surface area contributed by atoms with Gasteiger partial charge in [0.25, 0.3) is 0 Å². The number of carbonyl (C=O) groups excluding carboxylic acids is 2. The molecule has 6 nitrogen and oxygen atoms in total. The van der Waals surface area contributed by atoms with Crippen molar-refractivity contribution in [1.82, 2.24) is 19.9 Å². The summed E-state index contributed by atoms with van der Waals surface area (Å²) >= 11 is 0. The van der Waals surface area contributed by atoms with Gasteiger partial charge in [-0.15, -0.1) is 0 Å². The second-order valence-corrected chi connectivity index (χ2v) is 5.28. The SMILES string of the molecule is O=Cc1ccc(C(=O)C(Cc2ncc[nH]2)Cc2ncc[nH]2)cc1. The van der Waals surface area contributed by atoms with Gasteiger partial charge in [0.15, 0.2) is 5.78 Å². The van der Waals surface area contributed by atoms with E-state index in [-0.39, 0.29) is 11.7 Å². The Balaban J connectivity index is 1.83. The van der Waals surface area contributed by atoms with E-state index < -0.39 is 0 Å². The van der Waals surface area contributed by atoms with Crippen LogP contribution in [0.2, 0.25) is 0 Å². The van der Waals surface area contributed by atoms with E-state index in [9.17, 15) is 9.59 Å². The van der Waals surface area contributed by atoms with Gasteiger partial charge in [-0.05, 0) is 0 Å². The molecule has 0 radical (unpaired) electrons. The molecule has 0 bridgehead atoms. The molecule has 1 aromatic carbocycles. The lowest BCUT2D eigenvalue weighted by molar-refractivity contribution is 0.0915. The van der Waals surface area contributed by atoms with Crippen LogP contribution in [0.3, 0.4) is 0 Å². The fourth-order valence-corrected chi connectivity index (χ4v) is 2.51. The lowest BCUT2D eigenvalue weighted by Gasteiger charge is -2.14. The number of Topliss-reactive ketones (excluding diaryl/α,β-unsaturated/α-hetero) is 1. The molecule has 3 rings (SSSR count). The number of carbonyl (C=O) groups is 2. The molecule has 0 fully saturated rings. The van der Waals surface area contributed by atoms with Crippen LogP contribution in [0.5, 0.6) is 0 Å². The van der Waals surface area contributed by atoms with Gasteiger partial charge in [-0.3, -0.25) is 9.59 Å². The van der Waals surface area contributed by atoms with Crippen molar-refractivity contribution in [1.29, 1.82) is 0 Å². The van der Waals surface area contributed by atoms with Crippen molar-refractivity contribution in [3.63, 3.8) is 0 Å². The van der Waals surface area contributed by atoms with Crippen LogP contribution in [0.1, 0.15) is 32.4 Å². The zero-order valence-electron chi connectivity index (χ0n) is 12.4. The molecule has 0 unspecified atom stereocenters. The summed E-state index contributed by atoms with van der Waals surface area (Å²) in [5.74, 6) is 1.25. The maximum Gasteiger partial charge on any atom is 0.166 e. The lowest BCUT2D eigenvalue weighted by Crippen LogP contribution is -2.21. The molecule has 0 aliphatic rings. The van der Waals surface area contributed by atoms with Gasteiger partial charge in [-0.25, -0.2) is 9.97 Å². The molecule has 0 aliphatic heterocycles. The Kier molecular flexibility index (Phi) is 4.42. The third-order valence-electron chi connectivity index (χ3n) is 3.69. The van der Waals surface area contributed by atoms with Crippen LogP contribution < -0.4 is 0 Å². The summed E-state index contributed by atoms with van der Waals surface area (Å²) in [6.45, 7) is 0. The zero-order chi connectivity index (χ0) is 16.1. The number of H-pyrrole nitrogens is 2. The number of aromatic amines is 2. The number of hydrogen-bond donors (Lipinski definition) is 2. The molecule has 0 saturated carbocycles. The summed E-state index contributed by atoms with van der Waals surface area (Å²) in [6.07, 6.45) is 8.58. The predicted octanol–water partition coefficient (Wildman–Crippen LogP) is 2.23. The molecule has 6 heteroatoms. The Morgan fingerprint density at radius 3 is 2.00 bits per heavy atom. The zero-order valence-corrected chi connectivity index (χ0v) is 12.4. The molecule has 0 atom stereocenters. The number of rotatable bonds is 7. The number of hydrogen-bond acceptors (Lipinski definition) is 4. The summed E-state index contributed by atoms with van der Waals surface area (Å²) in [6, 6.07) is 6.67. The molecule has 0 saturated heterocycles. The fourth-order valence-electron chi connectivity index (χ4n) is 2.51. The molecular formula is C17H16N4O2. The van der Waals surface area contributed by atoms with E-state index >= 15 is 0 Å². The van der Waals surface area contributed by atoms with Crippen molar-refractivity contribution >= 4 is 12.1 Å². The second kappa shape index (κ2) is 6.83. The topological polar surface area (TPSA) is 91.5 Å². The minimum absolute atomic E-state index is 0.00949. The van der Waals surface area contributed by atoms with E-state index in [1.165, 1.54) is 0 Å². The monoisotopic (exact) mass is 308 g/mol. The van der Waals surface area contributed by atoms with Gasteiger partial charge < -0.3 is 9.97 Å². The van der Waals surface area contributed by atoms with Gasteiger partial charge in [0, 0.05) is 54.7 Å². The average molecular weight is 308 g/mol. The summed E-state index contributed by atoms with van der Waals surface area (Å²) in [5.41, 5.74) is 1.13. The predicted molar refractivity (Wildman–Crippen MR) is 84.2 cm³/mol. The minimum atomic E-state index is -0.283. The summed E-state index contributed by atoms with van der Waals surface area (Å²) in [7, 11) is 0. The molecule has 3 aromatic rings. The van der Waals surface area contributed by atoms with Gasteiger partial charge in [0.1, 0.15) is 17.9 Å². The van der Waals surface area contributed by atoms with E-state index in [2.05, 4.69) is 19.9 Å². The van der Waals surface area contributed by atoms with Gasteiger partial charge in [0.2, 0.25) is 0 Å². The van der Waals surface area contributed by atoms with E-state index in [1.807, 2.05) is 0 Å². The standard InChI is InChI=1S/C17H16N4O2/c22-11-12-1-3-13(4-2-12)17(23)14(9-15-18-5-6-19-15)10-16-20-7-8-21-16/h1-8,11,14H,9-10H2,(H,18,19)(H,20,21). The number of nitrogens with one attached hydrogen (secondary N) is 2. The van der Waals surface area contributed by atoms with Crippen molar-refractivity contribution in [2.24, 2.45) is 5.92 Å². The lowest BCUT2D eigenvalue weighted by atomic mass is 9.90. The Hall–Kier alpha value is -3.02. The van der Waals surface area contributed by atoms with E-state index in [4.69, 9.17) is 0 Å². The second-order valence-electron chi connectivity index (χ2n) is 5.28. The molecular weight excluding hydrogens is 292 g/mol. The molecule has 2 heterocycles. The number of aldehydes is 1. The highest BCUT2D eigenvalue weighted by atomic mass is 16.1. The Morgan fingerprint density at radius 2 is 1.57 bits per heavy atom. The first-order valence-corrected chi connectivity index (χ1v) is 7.32. The quantitative estimate of drug-likeness (QED) is 0.517. The first-order valence-electron chi connectivity index (χ1n) is 7.32. The van der Waals surface area contributed by atoms with Crippen molar-refractivity contribution in [3.05, 3.63) is 71.8 Å². The number of aromatic nitrogens is 4.